The molecule has 1 aromatic rings. The highest BCUT2D eigenvalue weighted by molar-refractivity contribution is 5.99. The topological polar surface area (TPSA) is 64.3 Å². The van der Waals surface area contributed by atoms with Gasteiger partial charge in [-0.05, 0) is 19.1 Å². The van der Waals surface area contributed by atoms with Gasteiger partial charge in [-0.2, -0.15) is 0 Å². The summed E-state index contributed by atoms with van der Waals surface area (Å²) in [6.07, 6.45) is 1.25. The molecular formula is C14H18O4. The number of rotatable bonds is 8. The largest absolute Gasteiger partial charge is 0.466 e. The smallest absolute Gasteiger partial charge is 0.140 e. The van der Waals surface area contributed by atoms with Crippen LogP contribution in [0.2, 0.25) is 0 Å². The molecule has 98 valence electrons. The number of carbonyl (C=O) groups is 3. The van der Waals surface area contributed by atoms with E-state index in [0.717, 1.165) is 12.2 Å². The second-order valence-electron chi connectivity index (χ2n) is 4.35. The van der Waals surface area contributed by atoms with E-state index in [1.165, 1.54) is 6.92 Å². The summed E-state index contributed by atoms with van der Waals surface area (Å²) in [5.74, 6) is 1.11. The van der Waals surface area contributed by atoms with Crippen LogP contribution in [0, 0.1) is 0 Å². The Kier molecular flexibility index (Phi) is 5.49. The second kappa shape index (κ2) is 6.89. The van der Waals surface area contributed by atoms with Crippen molar-refractivity contribution in [1.29, 1.82) is 0 Å². The molecule has 4 nitrogen and oxygen atoms in total. The summed E-state index contributed by atoms with van der Waals surface area (Å²) in [4.78, 5) is 33.6. The van der Waals surface area contributed by atoms with E-state index in [4.69, 9.17) is 4.42 Å². The van der Waals surface area contributed by atoms with Crippen molar-refractivity contribution in [3.05, 3.63) is 23.7 Å². The van der Waals surface area contributed by atoms with Crippen LogP contribution in [-0.4, -0.2) is 17.3 Å². The van der Waals surface area contributed by atoms with Gasteiger partial charge in [-0.15, -0.1) is 0 Å². The zero-order valence-corrected chi connectivity index (χ0v) is 10.8. The summed E-state index contributed by atoms with van der Waals surface area (Å²) in [5, 5.41) is 0. The molecule has 0 N–H and O–H groups in total. The van der Waals surface area contributed by atoms with Crippen LogP contribution in [0.1, 0.15) is 44.6 Å². The van der Waals surface area contributed by atoms with Gasteiger partial charge in [0.05, 0.1) is 12.8 Å². The summed E-state index contributed by atoms with van der Waals surface area (Å²) in [5.41, 5.74) is 0. The Morgan fingerprint density at radius 3 is 2.22 bits per heavy atom. The third-order valence-corrected chi connectivity index (χ3v) is 2.57. The highest BCUT2D eigenvalue weighted by Crippen LogP contribution is 2.10. The van der Waals surface area contributed by atoms with E-state index in [0.29, 0.717) is 5.76 Å². The summed E-state index contributed by atoms with van der Waals surface area (Å²) in [6.45, 7) is 3.35. The first-order valence-electron chi connectivity index (χ1n) is 6.11. The van der Waals surface area contributed by atoms with Crippen LogP contribution < -0.4 is 0 Å². The summed E-state index contributed by atoms with van der Waals surface area (Å²) < 4.78 is 5.41. The molecule has 0 radical (unpaired) electrons. The first kappa shape index (κ1) is 14.4. The van der Waals surface area contributed by atoms with Crippen molar-refractivity contribution in [3.63, 3.8) is 0 Å². The predicted molar refractivity (Wildman–Crippen MR) is 66.3 cm³/mol. The molecule has 1 heterocycles. The molecule has 1 aromatic heterocycles. The maximum Gasteiger partial charge on any atom is 0.140 e. The molecule has 0 fully saturated rings. The van der Waals surface area contributed by atoms with Gasteiger partial charge in [0.2, 0.25) is 0 Å². The number of Topliss-reactive ketones (excluding diaryl/α,β-unsaturated/α-hetero) is 3. The maximum absolute atomic E-state index is 11.6. The Labute approximate surface area is 106 Å². The minimum Gasteiger partial charge on any atom is -0.466 e. The normalized spacial score (nSPS) is 10.3. The highest BCUT2D eigenvalue weighted by atomic mass is 16.3. The molecule has 0 unspecified atom stereocenters. The van der Waals surface area contributed by atoms with Crippen LogP contribution in [-0.2, 0) is 27.2 Å². The van der Waals surface area contributed by atoms with E-state index in [1.54, 1.807) is 6.07 Å². The fourth-order valence-electron chi connectivity index (χ4n) is 1.63. The van der Waals surface area contributed by atoms with Gasteiger partial charge in [0.1, 0.15) is 28.9 Å². The first-order valence-corrected chi connectivity index (χ1v) is 6.11. The van der Waals surface area contributed by atoms with Crippen molar-refractivity contribution in [2.24, 2.45) is 0 Å². The molecule has 0 aliphatic heterocycles. The fourth-order valence-corrected chi connectivity index (χ4v) is 1.63. The molecule has 0 aliphatic rings. The molecule has 18 heavy (non-hydrogen) atoms. The van der Waals surface area contributed by atoms with Gasteiger partial charge >= 0.3 is 0 Å². The Morgan fingerprint density at radius 2 is 1.67 bits per heavy atom. The van der Waals surface area contributed by atoms with Crippen molar-refractivity contribution >= 4 is 17.3 Å². The zero-order valence-electron chi connectivity index (χ0n) is 10.8. The van der Waals surface area contributed by atoms with E-state index >= 15 is 0 Å². The van der Waals surface area contributed by atoms with Crippen molar-refractivity contribution < 1.29 is 18.8 Å². The maximum atomic E-state index is 11.6. The van der Waals surface area contributed by atoms with Gasteiger partial charge in [-0.25, -0.2) is 0 Å². The number of aryl methyl sites for hydroxylation is 1. The molecule has 4 heteroatoms. The van der Waals surface area contributed by atoms with Crippen LogP contribution in [0.4, 0.5) is 0 Å². The minimum atomic E-state index is -0.176. The molecular weight excluding hydrogens is 232 g/mol. The molecule has 1 rings (SSSR count). The zero-order chi connectivity index (χ0) is 13.5. The lowest BCUT2D eigenvalue weighted by Gasteiger charge is -1.98. The SMILES string of the molecule is CCc1ccc(CC(=O)CCC(=O)CC(C)=O)o1. The van der Waals surface area contributed by atoms with Crippen molar-refractivity contribution in [3.8, 4) is 0 Å². The van der Waals surface area contributed by atoms with E-state index in [1.807, 2.05) is 13.0 Å². The Morgan fingerprint density at radius 1 is 1.06 bits per heavy atom. The van der Waals surface area contributed by atoms with Crippen LogP contribution in [0.3, 0.4) is 0 Å². The van der Waals surface area contributed by atoms with E-state index in [-0.39, 0.29) is 43.0 Å². The van der Waals surface area contributed by atoms with Crippen molar-refractivity contribution in [2.75, 3.05) is 0 Å². The van der Waals surface area contributed by atoms with Gasteiger partial charge in [0.25, 0.3) is 0 Å². The molecule has 0 atom stereocenters. The highest BCUT2D eigenvalue weighted by Gasteiger charge is 2.11. The van der Waals surface area contributed by atoms with Gasteiger partial charge in [-0.1, -0.05) is 6.92 Å². The molecule has 0 spiro atoms. The van der Waals surface area contributed by atoms with Crippen LogP contribution in [0.5, 0.6) is 0 Å². The third kappa shape index (κ3) is 5.08. The molecule has 0 aliphatic carbocycles. The van der Waals surface area contributed by atoms with Crippen LogP contribution >= 0.6 is 0 Å². The van der Waals surface area contributed by atoms with Gasteiger partial charge in [0.15, 0.2) is 0 Å². The Balaban J connectivity index is 2.33. The van der Waals surface area contributed by atoms with E-state index in [2.05, 4.69) is 0 Å². The third-order valence-electron chi connectivity index (χ3n) is 2.57. The predicted octanol–water partition coefficient (Wildman–Crippen LogP) is 2.28. The van der Waals surface area contributed by atoms with Gasteiger partial charge in [0, 0.05) is 19.3 Å². The average molecular weight is 250 g/mol. The van der Waals surface area contributed by atoms with Gasteiger partial charge < -0.3 is 4.42 Å². The quantitative estimate of drug-likeness (QED) is 0.664. The van der Waals surface area contributed by atoms with Crippen molar-refractivity contribution in [1.82, 2.24) is 0 Å². The lowest BCUT2D eigenvalue weighted by Crippen LogP contribution is -2.09. The first-order chi connectivity index (χ1) is 8.51. The van der Waals surface area contributed by atoms with Crippen LogP contribution in [0.25, 0.3) is 0 Å². The number of ketones is 3. The number of hydrogen-bond acceptors (Lipinski definition) is 4. The summed E-state index contributed by atoms with van der Waals surface area (Å²) in [7, 11) is 0. The number of furan rings is 1. The lowest BCUT2D eigenvalue weighted by atomic mass is 10.1. The average Bonchev–Trinajstić information content (AvgIpc) is 2.73. The monoisotopic (exact) mass is 250 g/mol. The summed E-state index contributed by atoms with van der Waals surface area (Å²) in [6, 6.07) is 3.64. The molecule has 0 bridgehead atoms. The van der Waals surface area contributed by atoms with Gasteiger partial charge in [-0.3, -0.25) is 14.4 Å². The van der Waals surface area contributed by atoms with E-state index < -0.39 is 0 Å². The minimum absolute atomic E-state index is 0.0381. The number of carbonyl (C=O) groups excluding carboxylic acids is 3. The molecule has 0 saturated carbocycles. The second-order valence-corrected chi connectivity index (χ2v) is 4.35. The molecule has 0 amide bonds. The number of hydrogen-bond donors (Lipinski definition) is 0. The van der Waals surface area contributed by atoms with Crippen molar-refractivity contribution in [2.45, 2.75) is 46.0 Å². The molecule has 0 saturated heterocycles. The summed E-state index contributed by atoms with van der Waals surface area (Å²) >= 11 is 0. The fraction of sp³-hybridized carbons (Fsp3) is 0.500. The lowest BCUT2D eigenvalue weighted by molar-refractivity contribution is -0.128. The van der Waals surface area contributed by atoms with E-state index in [9.17, 15) is 14.4 Å². The Hall–Kier alpha value is -1.71. The molecule has 0 aromatic carbocycles. The Bertz CT molecular complexity index is 442. The van der Waals surface area contributed by atoms with Crippen LogP contribution in [0.15, 0.2) is 16.5 Å². The standard InChI is InChI=1S/C14H18O4/c1-3-13-6-7-14(18-13)9-12(17)5-4-11(16)8-10(2)15/h6-7H,3-5,8-9H2,1-2H3.